The molecule has 1 aromatic carbocycles. The van der Waals surface area contributed by atoms with Crippen molar-refractivity contribution in [2.45, 2.75) is 44.4 Å². The number of amides is 1. The molecular formula is C17H25N3O. The molecule has 1 amide bonds. The van der Waals surface area contributed by atoms with E-state index in [0.29, 0.717) is 6.04 Å². The van der Waals surface area contributed by atoms with Gasteiger partial charge in [-0.25, -0.2) is 0 Å². The number of nitrogens with one attached hydrogen (secondary N) is 1. The topological polar surface area (TPSA) is 35.6 Å². The van der Waals surface area contributed by atoms with Crippen LogP contribution in [0.3, 0.4) is 0 Å². The maximum absolute atomic E-state index is 12.8. The summed E-state index contributed by atoms with van der Waals surface area (Å²) in [5.41, 5.74) is 1.22. The SMILES string of the molecule is CC1NC(Cc2ccccc2)C(=O)N1C1CCCN(C)C1. The zero-order valence-corrected chi connectivity index (χ0v) is 13.0. The molecule has 4 nitrogen and oxygen atoms in total. The Bertz CT molecular complexity index is 490. The molecule has 2 aliphatic heterocycles. The van der Waals surface area contributed by atoms with Crippen molar-refractivity contribution < 1.29 is 4.79 Å². The molecule has 3 atom stereocenters. The van der Waals surface area contributed by atoms with E-state index in [1.807, 2.05) is 18.2 Å². The molecule has 2 saturated heterocycles. The minimum absolute atomic E-state index is 0.0744. The number of rotatable bonds is 3. The van der Waals surface area contributed by atoms with Crippen molar-refractivity contribution >= 4 is 5.91 Å². The van der Waals surface area contributed by atoms with Crippen molar-refractivity contribution in [3.63, 3.8) is 0 Å². The molecule has 2 fully saturated rings. The Morgan fingerprint density at radius 3 is 2.76 bits per heavy atom. The van der Waals surface area contributed by atoms with Crippen LogP contribution in [-0.4, -0.2) is 54.1 Å². The normalized spacial score (nSPS) is 30.9. The maximum atomic E-state index is 12.8. The molecule has 21 heavy (non-hydrogen) atoms. The molecule has 1 aromatic rings. The average Bonchev–Trinajstić information content (AvgIpc) is 2.74. The van der Waals surface area contributed by atoms with E-state index in [-0.39, 0.29) is 18.1 Å². The van der Waals surface area contributed by atoms with E-state index in [1.54, 1.807) is 0 Å². The number of hydrogen-bond acceptors (Lipinski definition) is 3. The Balaban J connectivity index is 1.68. The Morgan fingerprint density at radius 1 is 1.29 bits per heavy atom. The summed E-state index contributed by atoms with van der Waals surface area (Å²) in [7, 11) is 2.15. The number of piperidine rings is 1. The highest BCUT2D eigenvalue weighted by atomic mass is 16.2. The highest BCUT2D eigenvalue weighted by Gasteiger charge is 2.40. The Morgan fingerprint density at radius 2 is 2.05 bits per heavy atom. The van der Waals surface area contributed by atoms with Gasteiger partial charge in [0.15, 0.2) is 0 Å². The minimum Gasteiger partial charge on any atom is -0.322 e. The Kier molecular flexibility index (Phi) is 4.27. The second-order valence-electron chi connectivity index (χ2n) is 6.39. The summed E-state index contributed by atoms with van der Waals surface area (Å²) in [6.45, 7) is 4.25. The fraction of sp³-hybridized carbons (Fsp3) is 0.588. The second-order valence-corrected chi connectivity index (χ2v) is 6.39. The van der Waals surface area contributed by atoms with E-state index in [4.69, 9.17) is 0 Å². The third-order valence-electron chi connectivity index (χ3n) is 4.69. The zero-order valence-electron chi connectivity index (χ0n) is 13.0. The average molecular weight is 287 g/mol. The summed E-state index contributed by atoms with van der Waals surface area (Å²) >= 11 is 0. The molecule has 0 bridgehead atoms. The quantitative estimate of drug-likeness (QED) is 0.914. The monoisotopic (exact) mass is 287 g/mol. The van der Waals surface area contributed by atoms with E-state index in [0.717, 1.165) is 25.9 Å². The first-order valence-corrected chi connectivity index (χ1v) is 7.96. The Labute approximate surface area is 127 Å². The van der Waals surface area contributed by atoms with Gasteiger partial charge in [-0.15, -0.1) is 0 Å². The summed E-state index contributed by atoms with van der Waals surface area (Å²) in [6.07, 6.45) is 3.23. The third kappa shape index (κ3) is 3.11. The number of carbonyl (C=O) groups is 1. The van der Waals surface area contributed by atoms with Crippen LogP contribution in [-0.2, 0) is 11.2 Å². The molecule has 0 aromatic heterocycles. The largest absolute Gasteiger partial charge is 0.322 e. The highest BCUT2D eigenvalue weighted by molar-refractivity contribution is 5.85. The van der Waals surface area contributed by atoms with Crippen molar-refractivity contribution in [3.05, 3.63) is 35.9 Å². The summed E-state index contributed by atoms with van der Waals surface area (Å²) in [6, 6.07) is 10.6. The van der Waals surface area contributed by atoms with Gasteiger partial charge in [0.1, 0.15) is 0 Å². The minimum atomic E-state index is -0.0744. The maximum Gasteiger partial charge on any atom is 0.241 e. The van der Waals surface area contributed by atoms with E-state index in [2.05, 4.69) is 41.2 Å². The molecule has 3 unspecified atom stereocenters. The molecule has 2 aliphatic rings. The van der Waals surface area contributed by atoms with Gasteiger partial charge in [-0.05, 0) is 45.3 Å². The van der Waals surface area contributed by atoms with Crippen LogP contribution in [0.25, 0.3) is 0 Å². The lowest BCUT2D eigenvalue weighted by molar-refractivity contribution is -0.133. The standard InChI is InChI=1S/C17H25N3O/c1-13-18-16(11-14-7-4-3-5-8-14)17(21)20(13)15-9-6-10-19(2)12-15/h3-5,7-8,13,15-16,18H,6,9-12H2,1-2H3. The van der Waals surface area contributed by atoms with Crippen molar-refractivity contribution in [1.82, 2.24) is 15.1 Å². The van der Waals surface area contributed by atoms with E-state index >= 15 is 0 Å². The second kappa shape index (κ2) is 6.16. The lowest BCUT2D eigenvalue weighted by Crippen LogP contribution is -2.50. The van der Waals surface area contributed by atoms with Gasteiger partial charge in [0, 0.05) is 12.6 Å². The highest BCUT2D eigenvalue weighted by Crippen LogP contribution is 2.23. The first kappa shape index (κ1) is 14.5. The van der Waals surface area contributed by atoms with E-state index in [9.17, 15) is 4.79 Å². The number of nitrogens with zero attached hydrogens (tertiary/aromatic N) is 2. The van der Waals surface area contributed by atoms with E-state index < -0.39 is 0 Å². The molecule has 0 radical (unpaired) electrons. The van der Waals surface area contributed by atoms with Crippen LogP contribution in [0.2, 0.25) is 0 Å². The molecular weight excluding hydrogens is 262 g/mol. The van der Waals surface area contributed by atoms with Gasteiger partial charge in [-0.1, -0.05) is 30.3 Å². The zero-order chi connectivity index (χ0) is 14.8. The van der Waals surface area contributed by atoms with Crippen LogP contribution < -0.4 is 5.32 Å². The van der Waals surface area contributed by atoms with Gasteiger partial charge in [0.2, 0.25) is 5.91 Å². The predicted octanol–water partition coefficient (Wildman–Crippen LogP) is 1.47. The van der Waals surface area contributed by atoms with Gasteiger partial charge < -0.3 is 9.80 Å². The van der Waals surface area contributed by atoms with E-state index in [1.165, 1.54) is 12.0 Å². The van der Waals surface area contributed by atoms with Crippen LogP contribution in [0.4, 0.5) is 0 Å². The van der Waals surface area contributed by atoms with Gasteiger partial charge in [-0.3, -0.25) is 10.1 Å². The molecule has 4 heteroatoms. The van der Waals surface area contributed by atoms with Crippen molar-refractivity contribution in [2.24, 2.45) is 0 Å². The van der Waals surface area contributed by atoms with Crippen LogP contribution in [0.1, 0.15) is 25.3 Å². The Hall–Kier alpha value is -1.39. The molecule has 1 N–H and O–H groups in total. The van der Waals surface area contributed by atoms with Gasteiger partial charge >= 0.3 is 0 Å². The number of benzene rings is 1. The van der Waals surface area contributed by atoms with Gasteiger partial charge in [0.05, 0.1) is 12.2 Å². The third-order valence-corrected chi connectivity index (χ3v) is 4.69. The van der Waals surface area contributed by atoms with Crippen molar-refractivity contribution in [1.29, 1.82) is 0 Å². The lowest BCUT2D eigenvalue weighted by atomic mass is 10.0. The number of likely N-dealkylation sites (tertiary alicyclic amines) is 1. The molecule has 3 rings (SSSR count). The van der Waals surface area contributed by atoms with Gasteiger partial charge in [-0.2, -0.15) is 0 Å². The summed E-state index contributed by atoms with van der Waals surface area (Å²) in [5, 5.41) is 3.47. The van der Waals surface area contributed by atoms with Crippen LogP contribution in [0.15, 0.2) is 30.3 Å². The predicted molar refractivity (Wildman–Crippen MR) is 83.9 cm³/mol. The fourth-order valence-electron chi connectivity index (χ4n) is 3.67. The van der Waals surface area contributed by atoms with Crippen molar-refractivity contribution in [3.8, 4) is 0 Å². The summed E-state index contributed by atoms with van der Waals surface area (Å²) < 4.78 is 0. The first-order chi connectivity index (χ1) is 10.1. The summed E-state index contributed by atoms with van der Waals surface area (Å²) in [5.74, 6) is 0.270. The van der Waals surface area contributed by atoms with Crippen molar-refractivity contribution in [2.75, 3.05) is 20.1 Å². The molecule has 0 saturated carbocycles. The first-order valence-electron chi connectivity index (χ1n) is 7.96. The number of hydrogen-bond donors (Lipinski definition) is 1. The molecule has 114 valence electrons. The van der Waals surface area contributed by atoms with Crippen LogP contribution in [0, 0.1) is 0 Å². The van der Waals surface area contributed by atoms with Crippen LogP contribution in [0.5, 0.6) is 0 Å². The smallest absolute Gasteiger partial charge is 0.241 e. The molecule has 0 spiro atoms. The lowest BCUT2D eigenvalue weighted by Gasteiger charge is -2.37. The van der Waals surface area contributed by atoms with Gasteiger partial charge in [0.25, 0.3) is 0 Å². The number of carbonyl (C=O) groups excluding carboxylic acids is 1. The van der Waals surface area contributed by atoms with Crippen LogP contribution >= 0.6 is 0 Å². The molecule has 2 heterocycles. The summed E-state index contributed by atoms with van der Waals surface area (Å²) in [4.78, 5) is 17.2. The molecule has 0 aliphatic carbocycles. The fourth-order valence-corrected chi connectivity index (χ4v) is 3.67. The number of likely N-dealkylation sites (N-methyl/N-ethyl adjacent to an activating group) is 1.